The van der Waals surface area contributed by atoms with Gasteiger partial charge in [-0.3, -0.25) is 0 Å². The molecule has 3 N–H and O–H groups in total. The number of nitrogens with zero attached hydrogens (tertiary/aromatic N) is 2. The van der Waals surface area contributed by atoms with Gasteiger partial charge in [-0.25, -0.2) is 15.2 Å². The van der Waals surface area contributed by atoms with E-state index >= 15 is 0 Å². The summed E-state index contributed by atoms with van der Waals surface area (Å²) in [4.78, 5) is 15.0. The van der Waals surface area contributed by atoms with Crippen LogP contribution in [0.5, 0.6) is 0 Å². The van der Waals surface area contributed by atoms with E-state index in [1.807, 2.05) is 0 Å². The maximum absolute atomic E-state index is 10.9. The monoisotopic (exact) mass is 232 g/mol. The molecule has 0 radical (unpaired) electrons. The summed E-state index contributed by atoms with van der Waals surface area (Å²) in [6.45, 7) is 1.52. The lowest BCUT2D eigenvalue weighted by Crippen LogP contribution is -2.30. The summed E-state index contributed by atoms with van der Waals surface area (Å²) in [5.74, 6) is -0.363. The van der Waals surface area contributed by atoms with Crippen molar-refractivity contribution in [3.05, 3.63) is 35.4 Å². The van der Waals surface area contributed by atoms with Crippen molar-refractivity contribution in [1.29, 1.82) is 0 Å². The van der Waals surface area contributed by atoms with Gasteiger partial charge in [-0.05, 0) is 6.07 Å². The minimum absolute atomic E-state index is 0.222. The number of carbonyl (C=O) groups is 1. The SMILES string of the molecule is O=C(O)c1ccccc1/C=N/NC1=NCCN1. The highest BCUT2D eigenvalue weighted by atomic mass is 16.4. The molecule has 0 bridgehead atoms. The molecule has 0 amide bonds. The Balaban J connectivity index is 2.07. The van der Waals surface area contributed by atoms with Gasteiger partial charge in [-0.15, -0.1) is 0 Å². The Morgan fingerprint density at radius 1 is 1.53 bits per heavy atom. The third kappa shape index (κ3) is 2.81. The summed E-state index contributed by atoms with van der Waals surface area (Å²) >= 11 is 0. The Kier molecular flexibility index (Phi) is 3.34. The largest absolute Gasteiger partial charge is 0.478 e. The van der Waals surface area contributed by atoms with Crippen LogP contribution in [0.15, 0.2) is 34.4 Å². The molecule has 1 heterocycles. The number of aromatic carboxylic acids is 1. The summed E-state index contributed by atoms with van der Waals surface area (Å²) in [7, 11) is 0. The first-order chi connectivity index (χ1) is 8.27. The Labute approximate surface area is 98.1 Å². The van der Waals surface area contributed by atoms with Crippen molar-refractivity contribution in [2.45, 2.75) is 0 Å². The van der Waals surface area contributed by atoms with Crippen LogP contribution in [0, 0.1) is 0 Å². The van der Waals surface area contributed by atoms with Crippen LogP contribution in [-0.4, -0.2) is 36.3 Å². The number of nitrogens with one attached hydrogen (secondary N) is 2. The van der Waals surface area contributed by atoms with Gasteiger partial charge >= 0.3 is 5.97 Å². The molecule has 0 fully saturated rings. The van der Waals surface area contributed by atoms with Crippen LogP contribution < -0.4 is 10.7 Å². The fourth-order valence-corrected chi connectivity index (χ4v) is 1.44. The van der Waals surface area contributed by atoms with E-state index in [0.29, 0.717) is 11.5 Å². The third-order valence-corrected chi connectivity index (χ3v) is 2.24. The van der Waals surface area contributed by atoms with Crippen molar-refractivity contribution in [1.82, 2.24) is 10.7 Å². The quantitative estimate of drug-likeness (QED) is 0.515. The molecular weight excluding hydrogens is 220 g/mol. The fourth-order valence-electron chi connectivity index (χ4n) is 1.44. The van der Waals surface area contributed by atoms with E-state index in [4.69, 9.17) is 5.11 Å². The lowest BCUT2D eigenvalue weighted by atomic mass is 10.1. The second kappa shape index (κ2) is 5.11. The number of aliphatic imine (C=N–C) groups is 1. The summed E-state index contributed by atoms with van der Waals surface area (Å²) < 4.78 is 0. The van der Waals surface area contributed by atoms with Crippen molar-refractivity contribution in [2.75, 3.05) is 13.1 Å². The number of carboxylic acids is 1. The Morgan fingerprint density at radius 2 is 2.35 bits per heavy atom. The molecule has 6 heteroatoms. The number of hydrogen-bond donors (Lipinski definition) is 3. The van der Waals surface area contributed by atoms with Crippen LogP contribution >= 0.6 is 0 Å². The van der Waals surface area contributed by atoms with Gasteiger partial charge in [0.2, 0.25) is 5.96 Å². The van der Waals surface area contributed by atoms with Crippen LogP contribution in [0.2, 0.25) is 0 Å². The molecule has 0 atom stereocenters. The molecule has 0 unspecified atom stereocenters. The van der Waals surface area contributed by atoms with Crippen LogP contribution in [0.1, 0.15) is 15.9 Å². The Morgan fingerprint density at radius 3 is 3.06 bits per heavy atom. The van der Waals surface area contributed by atoms with Gasteiger partial charge in [0.25, 0.3) is 0 Å². The molecule has 1 aromatic rings. The molecule has 88 valence electrons. The zero-order valence-electron chi connectivity index (χ0n) is 9.05. The highest BCUT2D eigenvalue weighted by Crippen LogP contribution is 2.05. The lowest BCUT2D eigenvalue weighted by molar-refractivity contribution is 0.0697. The number of guanidine groups is 1. The summed E-state index contributed by atoms with van der Waals surface area (Å²) in [5, 5.41) is 15.9. The average Bonchev–Trinajstić information content (AvgIpc) is 2.82. The van der Waals surface area contributed by atoms with E-state index in [1.54, 1.807) is 18.2 Å². The first-order valence-electron chi connectivity index (χ1n) is 5.17. The van der Waals surface area contributed by atoms with Crippen LogP contribution in [0.25, 0.3) is 0 Å². The molecular formula is C11H12N4O2. The van der Waals surface area contributed by atoms with Crippen molar-refractivity contribution in [3.8, 4) is 0 Å². The average molecular weight is 232 g/mol. The fraction of sp³-hybridized carbons (Fsp3) is 0.182. The number of hydrogen-bond acceptors (Lipinski definition) is 5. The summed E-state index contributed by atoms with van der Waals surface area (Å²) in [5.41, 5.74) is 3.48. The van der Waals surface area contributed by atoms with E-state index in [0.717, 1.165) is 13.1 Å². The molecule has 1 aromatic carbocycles. The number of benzene rings is 1. The first-order valence-corrected chi connectivity index (χ1v) is 5.17. The Hall–Kier alpha value is -2.37. The summed E-state index contributed by atoms with van der Waals surface area (Å²) in [6.07, 6.45) is 1.46. The van der Waals surface area contributed by atoms with Gasteiger partial charge in [-0.1, -0.05) is 18.2 Å². The lowest BCUT2D eigenvalue weighted by Gasteiger charge is -2.01. The highest BCUT2D eigenvalue weighted by molar-refractivity contribution is 5.98. The predicted molar refractivity (Wildman–Crippen MR) is 64.4 cm³/mol. The van der Waals surface area contributed by atoms with Crippen LogP contribution in [-0.2, 0) is 0 Å². The number of rotatable bonds is 3. The zero-order chi connectivity index (χ0) is 12.1. The van der Waals surface area contributed by atoms with Crippen molar-refractivity contribution in [2.24, 2.45) is 10.1 Å². The Bertz CT molecular complexity index is 482. The standard InChI is InChI=1S/C11H12N4O2/c16-10(17)9-4-2-1-3-8(9)7-14-15-11-12-5-6-13-11/h1-4,7H,5-6H2,(H,16,17)(H2,12,13,15)/b14-7+. The molecule has 17 heavy (non-hydrogen) atoms. The van der Waals surface area contributed by atoms with Gasteiger partial charge in [0, 0.05) is 12.1 Å². The van der Waals surface area contributed by atoms with Crippen LogP contribution in [0.3, 0.4) is 0 Å². The molecule has 1 aliphatic rings. The predicted octanol–water partition coefficient (Wildman–Crippen LogP) is 0.267. The van der Waals surface area contributed by atoms with Gasteiger partial charge in [0.1, 0.15) is 0 Å². The van der Waals surface area contributed by atoms with Gasteiger partial charge in [0.15, 0.2) is 0 Å². The van der Waals surface area contributed by atoms with Crippen molar-refractivity contribution < 1.29 is 9.90 Å². The highest BCUT2D eigenvalue weighted by Gasteiger charge is 2.07. The molecule has 6 nitrogen and oxygen atoms in total. The van der Waals surface area contributed by atoms with Crippen molar-refractivity contribution in [3.63, 3.8) is 0 Å². The maximum Gasteiger partial charge on any atom is 0.336 e. The van der Waals surface area contributed by atoms with E-state index in [1.165, 1.54) is 12.3 Å². The van der Waals surface area contributed by atoms with Gasteiger partial charge < -0.3 is 10.4 Å². The second-order valence-electron chi connectivity index (χ2n) is 3.42. The van der Waals surface area contributed by atoms with E-state index < -0.39 is 5.97 Å². The topological polar surface area (TPSA) is 86.1 Å². The number of hydrazone groups is 1. The van der Waals surface area contributed by atoms with E-state index in [-0.39, 0.29) is 5.56 Å². The second-order valence-corrected chi connectivity index (χ2v) is 3.42. The van der Waals surface area contributed by atoms with Gasteiger partial charge in [-0.2, -0.15) is 5.10 Å². The smallest absolute Gasteiger partial charge is 0.336 e. The third-order valence-electron chi connectivity index (χ3n) is 2.24. The molecule has 0 aromatic heterocycles. The number of carboxylic acid groups (broad SMARTS) is 1. The van der Waals surface area contributed by atoms with Crippen LogP contribution in [0.4, 0.5) is 0 Å². The summed E-state index contributed by atoms with van der Waals surface area (Å²) in [6, 6.07) is 6.67. The zero-order valence-corrected chi connectivity index (χ0v) is 9.05. The van der Waals surface area contributed by atoms with E-state index in [9.17, 15) is 4.79 Å². The molecule has 0 saturated heterocycles. The minimum atomic E-state index is -0.969. The van der Waals surface area contributed by atoms with E-state index in [2.05, 4.69) is 20.8 Å². The normalized spacial score (nSPS) is 14.5. The first kappa shape index (κ1) is 11.1. The molecule has 0 saturated carbocycles. The van der Waals surface area contributed by atoms with Gasteiger partial charge in [0.05, 0.1) is 18.3 Å². The molecule has 0 spiro atoms. The molecule has 0 aliphatic carbocycles. The maximum atomic E-state index is 10.9. The molecule has 2 rings (SSSR count). The van der Waals surface area contributed by atoms with Crippen molar-refractivity contribution >= 4 is 18.1 Å². The minimum Gasteiger partial charge on any atom is -0.478 e. The molecule has 1 aliphatic heterocycles.